The largest absolute Gasteiger partial charge is 0.381 e. The molecule has 1 amide bonds. The van der Waals surface area contributed by atoms with E-state index in [1.165, 1.54) is 0 Å². The highest BCUT2D eigenvalue weighted by Crippen LogP contribution is 2.14. The first-order valence-corrected chi connectivity index (χ1v) is 4.87. The van der Waals surface area contributed by atoms with Crippen LogP contribution < -0.4 is 11.1 Å². The number of nitrogens with one attached hydrogen (secondary N) is 1. The van der Waals surface area contributed by atoms with Crippen LogP contribution in [0.5, 0.6) is 0 Å². The number of amides is 1. The van der Waals surface area contributed by atoms with Crippen LogP contribution in [0.4, 0.5) is 0 Å². The lowest BCUT2D eigenvalue weighted by Crippen LogP contribution is -2.27. The van der Waals surface area contributed by atoms with Crippen LogP contribution in [-0.2, 0) is 9.53 Å². The van der Waals surface area contributed by atoms with Crippen molar-refractivity contribution in [1.29, 1.82) is 0 Å². The number of nitrogens with two attached hydrogens (primary N) is 1. The number of hydrogen-bond donors (Lipinski definition) is 2. The maximum atomic E-state index is 11.0. The third kappa shape index (κ3) is 4.24. The van der Waals surface area contributed by atoms with Crippen LogP contribution in [0.1, 0.15) is 19.3 Å². The van der Waals surface area contributed by atoms with Crippen molar-refractivity contribution in [2.75, 3.05) is 26.3 Å². The van der Waals surface area contributed by atoms with Crippen LogP contribution in [0.2, 0.25) is 0 Å². The Balaban J connectivity index is 1.96. The van der Waals surface area contributed by atoms with E-state index < -0.39 is 0 Å². The summed E-state index contributed by atoms with van der Waals surface area (Å²) in [6.45, 7) is 2.92. The second kappa shape index (κ2) is 5.94. The zero-order valence-electron chi connectivity index (χ0n) is 7.92. The van der Waals surface area contributed by atoms with Crippen molar-refractivity contribution < 1.29 is 9.53 Å². The molecule has 1 unspecified atom stereocenters. The minimum Gasteiger partial charge on any atom is -0.381 e. The molecule has 1 fully saturated rings. The minimum absolute atomic E-state index is 0.0569. The highest BCUT2D eigenvalue weighted by Gasteiger charge is 2.14. The Morgan fingerprint density at radius 2 is 2.46 bits per heavy atom. The second-order valence-electron chi connectivity index (χ2n) is 3.41. The molecule has 4 nitrogen and oxygen atoms in total. The van der Waals surface area contributed by atoms with Crippen LogP contribution in [0.3, 0.4) is 0 Å². The number of carbonyl (C=O) groups is 1. The summed E-state index contributed by atoms with van der Waals surface area (Å²) in [5.74, 6) is 0.694. The molecule has 1 atom stereocenters. The van der Waals surface area contributed by atoms with Gasteiger partial charge in [0, 0.05) is 32.7 Å². The summed E-state index contributed by atoms with van der Waals surface area (Å²) in [4.78, 5) is 11.0. The molecule has 1 aliphatic heterocycles. The Morgan fingerprint density at radius 1 is 1.62 bits per heavy atom. The first-order valence-electron chi connectivity index (χ1n) is 4.87. The van der Waals surface area contributed by atoms with Crippen molar-refractivity contribution in [1.82, 2.24) is 5.32 Å². The van der Waals surface area contributed by atoms with Crippen molar-refractivity contribution in [3.63, 3.8) is 0 Å². The van der Waals surface area contributed by atoms with E-state index in [1.54, 1.807) is 0 Å². The molecule has 3 N–H and O–H groups in total. The Kier molecular flexibility index (Phi) is 4.78. The summed E-state index contributed by atoms with van der Waals surface area (Å²) < 4.78 is 5.23. The van der Waals surface area contributed by atoms with Crippen molar-refractivity contribution in [3.8, 4) is 0 Å². The van der Waals surface area contributed by atoms with Gasteiger partial charge in [-0.25, -0.2) is 0 Å². The van der Waals surface area contributed by atoms with Gasteiger partial charge in [-0.3, -0.25) is 4.79 Å². The maximum absolute atomic E-state index is 11.0. The molecule has 0 aromatic heterocycles. The fraction of sp³-hybridized carbons (Fsp3) is 0.889. The molecule has 1 saturated heterocycles. The lowest BCUT2D eigenvalue weighted by Gasteiger charge is -2.07. The fourth-order valence-electron chi connectivity index (χ4n) is 1.45. The molecular formula is C9H18N2O2. The van der Waals surface area contributed by atoms with Crippen LogP contribution in [0.25, 0.3) is 0 Å². The molecule has 0 bridgehead atoms. The van der Waals surface area contributed by atoms with Gasteiger partial charge in [0.05, 0.1) is 0 Å². The van der Waals surface area contributed by atoms with Gasteiger partial charge >= 0.3 is 0 Å². The van der Waals surface area contributed by atoms with Crippen molar-refractivity contribution >= 4 is 5.91 Å². The first-order chi connectivity index (χ1) is 6.33. The third-order valence-electron chi connectivity index (χ3n) is 2.27. The van der Waals surface area contributed by atoms with E-state index in [9.17, 15) is 4.79 Å². The monoisotopic (exact) mass is 186 g/mol. The number of hydrogen-bond acceptors (Lipinski definition) is 3. The summed E-state index contributed by atoms with van der Waals surface area (Å²) in [5.41, 5.74) is 5.24. The SMILES string of the molecule is NCCC(=O)NCCC1CCOC1. The molecule has 76 valence electrons. The van der Waals surface area contributed by atoms with Crippen molar-refractivity contribution in [2.45, 2.75) is 19.3 Å². The molecule has 0 saturated carbocycles. The minimum atomic E-state index is 0.0569. The van der Waals surface area contributed by atoms with E-state index in [4.69, 9.17) is 10.5 Å². The van der Waals surface area contributed by atoms with Gasteiger partial charge in [0.2, 0.25) is 5.91 Å². The molecule has 1 rings (SSSR count). The van der Waals surface area contributed by atoms with E-state index in [0.29, 0.717) is 18.9 Å². The van der Waals surface area contributed by atoms with Gasteiger partial charge in [0.15, 0.2) is 0 Å². The van der Waals surface area contributed by atoms with E-state index >= 15 is 0 Å². The quantitative estimate of drug-likeness (QED) is 0.629. The molecule has 0 aliphatic carbocycles. The molecular weight excluding hydrogens is 168 g/mol. The summed E-state index contributed by atoms with van der Waals surface area (Å²) in [5, 5.41) is 2.84. The molecule has 4 heteroatoms. The lowest BCUT2D eigenvalue weighted by molar-refractivity contribution is -0.120. The molecule has 0 radical (unpaired) electrons. The highest BCUT2D eigenvalue weighted by molar-refractivity contribution is 5.75. The Hall–Kier alpha value is -0.610. The van der Waals surface area contributed by atoms with Gasteiger partial charge in [-0.05, 0) is 18.8 Å². The van der Waals surface area contributed by atoms with Gasteiger partial charge in [-0.2, -0.15) is 0 Å². The topological polar surface area (TPSA) is 64.4 Å². The van der Waals surface area contributed by atoms with Crippen LogP contribution >= 0.6 is 0 Å². The maximum Gasteiger partial charge on any atom is 0.221 e. The van der Waals surface area contributed by atoms with Crippen molar-refractivity contribution in [3.05, 3.63) is 0 Å². The van der Waals surface area contributed by atoms with Crippen LogP contribution in [0, 0.1) is 5.92 Å². The number of carbonyl (C=O) groups excluding carboxylic acids is 1. The smallest absolute Gasteiger partial charge is 0.221 e. The average molecular weight is 186 g/mol. The zero-order valence-corrected chi connectivity index (χ0v) is 7.92. The van der Waals surface area contributed by atoms with Gasteiger partial charge in [-0.1, -0.05) is 0 Å². The summed E-state index contributed by atoms with van der Waals surface area (Å²) >= 11 is 0. The fourth-order valence-corrected chi connectivity index (χ4v) is 1.45. The second-order valence-corrected chi connectivity index (χ2v) is 3.41. The molecule has 0 spiro atoms. The molecule has 0 aromatic rings. The third-order valence-corrected chi connectivity index (χ3v) is 2.27. The van der Waals surface area contributed by atoms with E-state index in [-0.39, 0.29) is 5.91 Å². The molecule has 1 aliphatic rings. The van der Waals surface area contributed by atoms with E-state index in [2.05, 4.69) is 5.32 Å². The summed E-state index contributed by atoms with van der Waals surface area (Å²) in [7, 11) is 0. The molecule has 0 aromatic carbocycles. The van der Waals surface area contributed by atoms with E-state index in [0.717, 1.165) is 32.6 Å². The van der Waals surface area contributed by atoms with Crippen LogP contribution in [-0.4, -0.2) is 32.2 Å². The zero-order chi connectivity index (χ0) is 9.52. The standard InChI is InChI=1S/C9H18N2O2/c10-4-1-9(12)11-5-2-8-3-6-13-7-8/h8H,1-7,10H2,(H,11,12). The Morgan fingerprint density at radius 3 is 3.08 bits per heavy atom. The Bertz CT molecular complexity index is 156. The number of ether oxygens (including phenoxy) is 1. The summed E-state index contributed by atoms with van der Waals surface area (Å²) in [6, 6.07) is 0. The summed E-state index contributed by atoms with van der Waals surface area (Å²) in [6.07, 6.45) is 2.59. The van der Waals surface area contributed by atoms with Crippen molar-refractivity contribution in [2.24, 2.45) is 11.7 Å². The van der Waals surface area contributed by atoms with Gasteiger partial charge < -0.3 is 15.8 Å². The lowest BCUT2D eigenvalue weighted by atomic mass is 10.1. The molecule has 1 heterocycles. The average Bonchev–Trinajstić information content (AvgIpc) is 2.57. The predicted molar refractivity (Wildman–Crippen MR) is 50.2 cm³/mol. The van der Waals surface area contributed by atoms with E-state index in [1.807, 2.05) is 0 Å². The number of rotatable bonds is 5. The Labute approximate surface area is 78.8 Å². The molecule has 13 heavy (non-hydrogen) atoms. The normalized spacial score (nSPS) is 21.8. The van der Waals surface area contributed by atoms with Gasteiger partial charge in [0.25, 0.3) is 0 Å². The predicted octanol–water partition coefficient (Wildman–Crippen LogP) is -0.122. The van der Waals surface area contributed by atoms with Gasteiger partial charge in [-0.15, -0.1) is 0 Å². The highest BCUT2D eigenvalue weighted by atomic mass is 16.5. The first kappa shape index (κ1) is 10.5. The van der Waals surface area contributed by atoms with Crippen LogP contribution in [0.15, 0.2) is 0 Å². The van der Waals surface area contributed by atoms with Gasteiger partial charge in [0.1, 0.15) is 0 Å².